The minimum Gasteiger partial charge on any atom is -0.380 e. The van der Waals surface area contributed by atoms with E-state index in [4.69, 9.17) is 0 Å². The predicted octanol–water partition coefficient (Wildman–Crippen LogP) is 4.01. The van der Waals surface area contributed by atoms with Gasteiger partial charge in [0.05, 0.1) is 10.2 Å². The first-order valence-corrected chi connectivity index (χ1v) is 7.42. The summed E-state index contributed by atoms with van der Waals surface area (Å²) >= 11 is 2.98. The number of hydrogen-bond acceptors (Lipinski definition) is 2. The zero-order chi connectivity index (χ0) is 14.0. The molecule has 5 heteroatoms. The molecule has 106 valence electrons. The first kappa shape index (κ1) is 14.7. The van der Waals surface area contributed by atoms with Gasteiger partial charge in [0.25, 0.3) is 0 Å². The molecule has 0 aromatic heterocycles. The molecule has 1 N–H and O–H groups in total. The molecule has 0 unspecified atom stereocenters. The van der Waals surface area contributed by atoms with Crippen LogP contribution in [0.1, 0.15) is 26.7 Å². The van der Waals surface area contributed by atoms with Gasteiger partial charge in [0.2, 0.25) is 0 Å². The van der Waals surface area contributed by atoms with E-state index in [-0.39, 0.29) is 16.2 Å². The lowest BCUT2D eigenvalue weighted by atomic mass is 10.0. The number of hydrogen-bond donors (Lipinski definition) is 1. The zero-order valence-corrected chi connectivity index (χ0v) is 12.8. The summed E-state index contributed by atoms with van der Waals surface area (Å²) in [4.78, 5) is 2.40. The average molecular weight is 333 g/mol. The van der Waals surface area contributed by atoms with Gasteiger partial charge in [-0.15, -0.1) is 0 Å². The molecule has 0 radical (unpaired) electrons. The van der Waals surface area contributed by atoms with Crippen LogP contribution in [-0.4, -0.2) is 30.1 Å². The summed E-state index contributed by atoms with van der Waals surface area (Å²) in [5.41, 5.74) is 0.253. The summed E-state index contributed by atoms with van der Waals surface area (Å²) in [5.74, 6) is -0.858. The summed E-state index contributed by atoms with van der Waals surface area (Å²) in [6.07, 6.45) is 1.91. The minimum atomic E-state index is -0.441. The average Bonchev–Trinajstić information content (AvgIpc) is 2.36. The molecule has 1 fully saturated rings. The van der Waals surface area contributed by atoms with Crippen molar-refractivity contribution in [1.29, 1.82) is 0 Å². The third-order valence-corrected chi connectivity index (χ3v) is 4.24. The fourth-order valence-electron chi connectivity index (χ4n) is 2.41. The maximum Gasteiger partial charge on any atom is 0.147 e. The van der Waals surface area contributed by atoms with E-state index in [1.54, 1.807) is 0 Å². The van der Waals surface area contributed by atoms with Crippen LogP contribution in [0.3, 0.4) is 0 Å². The van der Waals surface area contributed by atoms with E-state index in [1.807, 2.05) is 0 Å². The third-order valence-electron chi connectivity index (χ3n) is 3.63. The fourth-order valence-corrected chi connectivity index (χ4v) is 2.73. The second-order valence-electron chi connectivity index (χ2n) is 5.29. The molecule has 1 saturated heterocycles. The van der Waals surface area contributed by atoms with Gasteiger partial charge in [-0.1, -0.05) is 0 Å². The summed E-state index contributed by atoms with van der Waals surface area (Å²) in [7, 11) is 0. The molecule has 0 atom stereocenters. The number of piperidine rings is 1. The summed E-state index contributed by atoms with van der Waals surface area (Å²) in [6, 6.07) is 3.14. The van der Waals surface area contributed by atoms with Crippen molar-refractivity contribution in [2.24, 2.45) is 0 Å². The smallest absolute Gasteiger partial charge is 0.147 e. The Morgan fingerprint density at radius 2 is 1.84 bits per heavy atom. The Morgan fingerprint density at radius 1 is 1.21 bits per heavy atom. The number of benzene rings is 1. The standard InChI is InChI=1S/C14H19BrF2N2/c1-9(2)19-5-3-10(4-6-19)18-14-8-12(16)11(15)7-13(14)17/h7-10,18H,3-6H2,1-2H3. The van der Waals surface area contributed by atoms with Crippen LogP contribution in [0.5, 0.6) is 0 Å². The van der Waals surface area contributed by atoms with E-state index >= 15 is 0 Å². The number of anilines is 1. The van der Waals surface area contributed by atoms with E-state index in [2.05, 4.69) is 40.0 Å². The largest absolute Gasteiger partial charge is 0.380 e. The highest BCUT2D eigenvalue weighted by atomic mass is 79.9. The second-order valence-corrected chi connectivity index (χ2v) is 6.15. The van der Waals surface area contributed by atoms with E-state index < -0.39 is 11.6 Å². The quantitative estimate of drug-likeness (QED) is 0.841. The highest BCUT2D eigenvalue weighted by Crippen LogP contribution is 2.25. The molecule has 1 aromatic rings. The van der Waals surface area contributed by atoms with E-state index in [0.717, 1.165) is 25.9 Å². The van der Waals surface area contributed by atoms with Crippen molar-refractivity contribution in [3.8, 4) is 0 Å². The summed E-state index contributed by atoms with van der Waals surface area (Å²) < 4.78 is 27.3. The lowest BCUT2D eigenvalue weighted by Gasteiger charge is -2.35. The Bertz CT molecular complexity index is 443. The normalized spacial score (nSPS) is 18.0. The van der Waals surface area contributed by atoms with Crippen molar-refractivity contribution in [3.05, 3.63) is 28.2 Å². The van der Waals surface area contributed by atoms with Crippen molar-refractivity contribution >= 4 is 21.6 Å². The number of nitrogens with one attached hydrogen (secondary N) is 1. The summed E-state index contributed by atoms with van der Waals surface area (Å²) in [6.45, 7) is 6.35. The molecule has 0 bridgehead atoms. The van der Waals surface area contributed by atoms with E-state index in [1.165, 1.54) is 12.1 Å². The van der Waals surface area contributed by atoms with Crippen LogP contribution < -0.4 is 5.32 Å². The van der Waals surface area contributed by atoms with Gasteiger partial charge in [-0.25, -0.2) is 8.78 Å². The van der Waals surface area contributed by atoms with Crippen LogP contribution >= 0.6 is 15.9 Å². The Balaban J connectivity index is 1.98. The maximum absolute atomic E-state index is 13.7. The van der Waals surface area contributed by atoms with Crippen molar-refractivity contribution in [1.82, 2.24) is 4.90 Å². The molecule has 1 aliphatic rings. The minimum absolute atomic E-state index is 0.158. The highest BCUT2D eigenvalue weighted by Gasteiger charge is 2.21. The van der Waals surface area contributed by atoms with Crippen LogP contribution in [0, 0.1) is 11.6 Å². The molecule has 2 rings (SSSR count). The SMILES string of the molecule is CC(C)N1CCC(Nc2cc(F)c(Br)cc2F)CC1. The number of likely N-dealkylation sites (tertiary alicyclic amines) is 1. The van der Waals surface area contributed by atoms with Gasteiger partial charge in [0, 0.05) is 31.2 Å². The fraction of sp³-hybridized carbons (Fsp3) is 0.571. The Labute approximate surface area is 121 Å². The number of rotatable bonds is 3. The first-order chi connectivity index (χ1) is 8.97. The molecule has 1 aromatic carbocycles. The monoisotopic (exact) mass is 332 g/mol. The number of halogens is 3. The van der Waals surface area contributed by atoms with Gasteiger partial charge >= 0.3 is 0 Å². The van der Waals surface area contributed by atoms with Gasteiger partial charge in [-0.05, 0) is 48.7 Å². The Hall–Kier alpha value is -0.680. The summed E-state index contributed by atoms with van der Waals surface area (Å²) in [5, 5.41) is 3.11. The lowest BCUT2D eigenvalue weighted by molar-refractivity contribution is 0.177. The molecule has 2 nitrogen and oxygen atoms in total. The van der Waals surface area contributed by atoms with Crippen LogP contribution in [-0.2, 0) is 0 Å². The van der Waals surface area contributed by atoms with Crippen molar-refractivity contribution < 1.29 is 8.78 Å². The van der Waals surface area contributed by atoms with Crippen LogP contribution in [0.2, 0.25) is 0 Å². The van der Waals surface area contributed by atoms with Gasteiger partial charge < -0.3 is 10.2 Å². The van der Waals surface area contributed by atoms with Gasteiger partial charge in [-0.2, -0.15) is 0 Å². The molecule has 0 amide bonds. The second kappa shape index (κ2) is 6.18. The molecule has 0 saturated carbocycles. The highest BCUT2D eigenvalue weighted by molar-refractivity contribution is 9.10. The zero-order valence-electron chi connectivity index (χ0n) is 11.2. The number of nitrogens with zero attached hydrogens (tertiary/aromatic N) is 1. The molecular formula is C14H19BrF2N2. The van der Waals surface area contributed by atoms with Gasteiger partial charge in [-0.3, -0.25) is 0 Å². The van der Waals surface area contributed by atoms with Gasteiger partial charge in [0.1, 0.15) is 11.6 Å². The van der Waals surface area contributed by atoms with Crippen LogP contribution in [0.4, 0.5) is 14.5 Å². The Kier molecular flexibility index (Phi) is 4.79. The Morgan fingerprint density at radius 3 is 2.42 bits per heavy atom. The third kappa shape index (κ3) is 3.66. The lowest BCUT2D eigenvalue weighted by Crippen LogP contribution is -2.42. The van der Waals surface area contributed by atoms with Crippen molar-refractivity contribution in [2.75, 3.05) is 18.4 Å². The van der Waals surface area contributed by atoms with E-state index in [0.29, 0.717) is 6.04 Å². The topological polar surface area (TPSA) is 15.3 Å². The maximum atomic E-state index is 13.7. The molecule has 0 aliphatic carbocycles. The predicted molar refractivity (Wildman–Crippen MR) is 77.4 cm³/mol. The van der Waals surface area contributed by atoms with Crippen LogP contribution in [0.25, 0.3) is 0 Å². The molecule has 1 aliphatic heterocycles. The van der Waals surface area contributed by atoms with Crippen molar-refractivity contribution in [3.63, 3.8) is 0 Å². The van der Waals surface area contributed by atoms with Crippen LogP contribution in [0.15, 0.2) is 16.6 Å². The first-order valence-electron chi connectivity index (χ1n) is 6.62. The van der Waals surface area contributed by atoms with Crippen molar-refractivity contribution in [2.45, 2.75) is 38.8 Å². The molecule has 19 heavy (non-hydrogen) atoms. The molecule has 0 spiro atoms. The van der Waals surface area contributed by atoms with E-state index in [9.17, 15) is 8.78 Å². The molecule has 1 heterocycles. The molecular weight excluding hydrogens is 314 g/mol. The van der Waals surface area contributed by atoms with Gasteiger partial charge in [0.15, 0.2) is 0 Å².